The van der Waals surface area contributed by atoms with Crippen molar-refractivity contribution in [3.8, 4) is 6.07 Å². The van der Waals surface area contributed by atoms with Crippen molar-refractivity contribution < 1.29 is 0 Å². The SMILES string of the molecule is N#Cc1c(C=Cc2ccc(N(c3ccccc3)c3ccc(C4CCCCC4)cc3)cc2)ccc2cc(C=Cc3ccc(N(c4ccccc4)c4ccc(C5CCCCC5)cc4)cc3)ccc12. The third kappa shape index (κ3) is 9.65. The molecular formula is C63H57N3. The molecule has 66 heavy (non-hydrogen) atoms. The maximum atomic E-state index is 10.4. The summed E-state index contributed by atoms with van der Waals surface area (Å²) in [6.45, 7) is 0. The summed E-state index contributed by atoms with van der Waals surface area (Å²) in [4.78, 5) is 4.66. The van der Waals surface area contributed by atoms with Crippen molar-refractivity contribution in [1.29, 1.82) is 5.26 Å². The molecule has 0 aromatic heterocycles. The summed E-state index contributed by atoms with van der Waals surface area (Å²) in [6, 6.07) is 70.3. The second-order valence-corrected chi connectivity index (χ2v) is 18.2. The minimum atomic E-state index is 0.682. The first-order valence-electron chi connectivity index (χ1n) is 24.1. The van der Waals surface area contributed by atoms with Crippen LogP contribution in [0.1, 0.15) is 115 Å². The van der Waals surface area contributed by atoms with Crippen LogP contribution in [0.3, 0.4) is 0 Å². The van der Waals surface area contributed by atoms with Gasteiger partial charge < -0.3 is 9.80 Å². The van der Waals surface area contributed by atoms with E-state index in [1.165, 1.54) is 81.0 Å². The largest absolute Gasteiger partial charge is 0.311 e. The second kappa shape index (κ2) is 20.2. The Labute approximate surface area is 391 Å². The fourth-order valence-electron chi connectivity index (χ4n) is 10.3. The van der Waals surface area contributed by atoms with E-state index in [9.17, 15) is 5.26 Å². The Morgan fingerprint density at radius 3 is 1.23 bits per heavy atom. The van der Waals surface area contributed by atoms with Gasteiger partial charge in [-0.2, -0.15) is 5.26 Å². The zero-order valence-electron chi connectivity index (χ0n) is 37.8. The van der Waals surface area contributed by atoms with Gasteiger partial charge in [-0.15, -0.1) is 0 Å². The first-order valence-corrected chi connectivity index (χ1v) is 24.1. The van der Waals surface area contributed by atoms with Crippen molar-refractivity contribution in [2.75, 3.05) is 9.80 Å². The second-order valence-electron chi connectivity index (χ2n) is 18.2. The Morgan fingerprint density at radius 1 is 0.379 bits per heavy atom. The van der Waals surface area contributed by atoms with Crippen molar-refractivity contribution in [3.63, 3.8) is 0 Å². The highest BCUT2D eigenvalue weighted by Gasteiger charge is 2.19. The van der Waals surface area contributed by atoms with E-state index in [4.69, 9.17) is 0 Å². The summed E-state index contributed by atoms with van der Waals surface area (Å²) in [5.41, 5.74) is 14.6. The van der Waals surface area contributed by atoms with E-state index in [1.54, 1.807) is 0 Å². The zero-order chi connectivity index (χ0) is 44.5. The summed E-state index contributed by atoms with van der Waals surface area (Å²) < 4.78 is 0. The molecule has 0 radical (unpaired) electrons. The fourth-order valence-corrected chi connectivity index (χ4v) is 10.3. The lowest BCUT2D eigenvalue weighted by Crippen LogP contribution is -2.10. The Balaban J connectivity index is 0.834. The maximum absolute atomic E-state index is 10.4. The van der Waals surface area contributed by atoms with Crippen LogP contribution in [-0.4, -0.2) is 0 Å². The van der Waals surface area contributed by atoms with Gasteiger partial charge in [0.1, 0.15) is 6.07 Å². The number of nitriles is 1. The van der Waals surface area contributed by atoms with Crippen molar-refractivity contribution in [3.05, 3.63) is 227 Å². The highest BCUT2D eigenvalue weighted by Crippen LogP contribution is 2.40. The molecule has 2 aliphatic carbocycles. The summed E-state index contributed by atoms with van der Waals surface area (Å²) in [6.07, 6.45) is 21.8. The molecule has 3 heteroatoms. The molecule has 0 amide bonds. The summed E-state index contributed by atoms with van der Waals surface area (Å²) in [5.74, 6) is 1.37. The van der Waals surface area contributed by atoms with Crippen LogP contribution in [0.15, 0.2) is 188 Å². The minimum Gasteiger partial charge on any atom is -0.311 e. The lowest BCUT2D eigenvalue weighted by Gasteiger charge is -2.27. The van der Waals surface area contributed by atoms with Crippen LogP contribution in [0.5, 0.6) is 0 Å². The van der Waals surface area contributed by atoms with Crippen LogP contribution >= 0.6 is 0 Å². The highest BCUT2D eigenvalue weighted by atomic mass is 15.1. The summed E-state index contributed by atoms with van der Waals surface area (Å²) in [5, 5.41) is 12.4. The molecule has 2 saturated carbocycles. The molecule has 0 aliphatic heterocycles. The van der Waals surface area contributed by atoms with Gasteiger partial charge in [0, 0.05) is 39.5 Å². The van der Waals surface area contributed by atoms with Crippen molar-refractivity contribution >= 4 is 69.2 Å². The molecule has 8 aromatic carbocycles. The molecule has 0 spiro atoms. The summed E-state index contributed by atoms with van der Waals surface area (Å²) >= 11 is 0. The lowest BCUT2D eigenvalue weighted by molar-refractivity contribution is 0.443. The van der Waals surface area contributed by atoms with Gasteiger partial charge in [0.05, 0.1) is 5.56 Å². The number of para-hydroxylation sites is 2. The van der Waals surface area contributed by atoms with E-state index >= 15 is 0 Å². The van der Waals surface area contributed by atoms with E-state index in [0.717, 1.165) is 61.5 Å². The predicted octanol–water partition coefficient (Wildman–Crippen LogP) is 18.1. The normalized spacial score (nSPS) is 14.7. The Bertz CT molecular complexity index is 2950. The molecule has 2 fully saturated rings. The van der Waals surface area contributed by atoms with Gasteiger partial charge in [0.2, 0.25) is 0 Å². The van der Waals surface area contributed by atoms with E-state index in [2.05, 4.69) is 228 Å². The topological polar surface area (TPSA) is 30.3 Å². The number of benzene rings is 8. The predicted molar refractivity (Wildman–Crippen MR) is 280 cm³/mol. The zero-order valence-corrected chi connectivity index (χ0v) is 37.8. The molecule has 2 aliphatic rings. The minimum absolute atomic E-state index is 0.682. The number of rotatable bonds is 12. The van der Waals surface area contributed by atoms with Gasteiger partial charge in [-0.05, 0) is 155 Å². The third-order valence-electron chi connectivity index (χ3n) is 13.9. The number of hydrogen-bond acceptors (Lipinski definition) is 3. The highest BCUT2D eigenvalue weighted by molar-refractivity contribution is 5.94. The van der Waals surface area contributed by atoms with Crippen LogP contribution in [0.2, 0.25) is 0 Å². The summed E-state index contributed by atoms with van der Waals surface area (Å²) in [7, 11) is 0. The average molecular weight is 856 g/mol. The molecule has 0 heterocycles. The number of nitrogens with zero attached hydrogens (tertiary/aromatic N) is 3. The molecule has 0 N–H and O–H groups in total. The first-order chi connectivity index (χ1) is 32.7. The Morgan fingerprint density at radius 2 is 0.773 bits per heavy atom. The van der Waals surface area contributed by atoms with Gasteiger partial charge in [-0.1, -0.05) is 172 Å². The van der Waals surface area contributed by atoms with E-state index in [1.807, 2.05) is 0 Å². The van der Waals surface area contributed by atoms with E-state index < -0.39 is 0 Å². The molecular weight excluding hydrogens is 799 g/mol. The molecule has 0 bridgehead atoms. The molecule has 10 rings (SSSR count). The molecule has 0 saturated heterocycles. The first kappa shape index (κ1) is 42.5. The molecule has 3 nitrogen and oxygen atoms in total. The average Bonchev–Trinajstić information content (AvgIpc) is 3.39. The monoisotopic (exact) mass is 855 g/mol. The number of fused-ring (bicyclic) bond motifs is 1. The smallest absolute Gasteiger partial charge is 0.100 e. The van der Waals surface area contributed by atoms with E-state index in [-0.39, 0.29) is 0 Å². The molecule has 0 unspecified atom stereocenters. The number of hydrogen-bond donors (Lipinski definition) is 0. The molecule has 324 valence electrons. The number of anilines is 6. The van der Waals surface area contributed by atoms with Crippen LogP contribution in [0, 0.1) is 11.3 Å². The van der Waals surface area contributed by atoms with Gasteiger partial charge in [0.25, 0.3) is 0 Å². The van der Waals surface area contributed by atoms with Gasteiger partial charge in [0.15, 0.2) is 0 Å². The van der Waals surface area contributed by atoms with Crippen molar-refractivity contribution in [1.82, 2.24) is 0 Å². The maximum Gasteiger partial charge on any atom is 0.100 e. The van der Waals surface area contributed by atoms with Crippen LogP contribution in [0.4, 0.5) is 34.1 Å². The van der Waals surface area contributed by atoms with Crippen molar-refractivity contribution in [2.45, 2.75) is 76.0 Å². The Hall–Kier alpha value is -7.41. The third-order valence-corrected chi connectivity index (χ3v) is 13.9. The van der Waals surface area contributed by atoms with Crippen molar-refractivity contribution in [2.24, 2.45) is 0 Å². The quantitative estimate of drug-likeness (QED) is 0.115. The van der Waals surface area contributed by atoms with Gasteiger partial charge >= 0.3 is 0 Å². The lowest BCUT2D eigenvalue weighted by atomic mass is 9.84. The van der Waals surface area contributed by atoms with Crippen LogP contribution in [0.25, 0.3) is 35.1 Å². The fraction of sp³-hybridized carbons (Fsp3) is 0.190. The molecule has 0 atom stereocenters. The van der Waals surface area contributed by atoms with Crippen LogP contribution < -0.4 is 9.80 Å². The van der Waals surface area contributed by atoms with Gasteiger partial charge in [-0.25, -0.2) is 0 Å². The van der Waals surface area contributed by atoms with E-state index in [0.29, 0.717) is 17.4 Å². The Kier molecular flexibility index (Phi) is 13.0. The van der Waals surface area contributed by atoms with Gasteiger partial charge in [-0.3, -0.25) is 0 Å². The van der Waals surface area contributed by atoms with Crippen LogP contribution in [-0.2, 0) is 0 Å². The standard InChI is InChI=1S/C63H57N3/c64-46-63-54(29-23-48-26-38-59(39-27-48)66(57-19-11-4-12-20-57)61-42-34-53(35-43-61)51-15-7-2-8-16-51)30-31-55-45-49(28-44-62(55)63)22-21-47-24-36-58(37-25-47)65(56-17-9-3-10-18-56)60-40-32-52(33-41-60)50-13-5-1-6-14-50/h3-4,9-12,17-45,50-51H,1-2,5-8,13-16H2. The molecule has 8 aromatic rings.